The number of allylic oxidation sites excluding steroid dienone is 2. The molecule has 6 heteroatoms. The molecule has 6 nitrogen and oxygen atoms in total. The fraction of sp³-hybridized carbons (Fsp3) is 0.474. The number of fused-ring (bicyclic) bond motifs is 1. The summed E-state index contributed by atoms with van der Waals surface area (Å²) in [6, 6.07) is 6.27. The Morgan fingerprint density at radius 3 is 2.48 bits per heavy atom. The van der Waals surface area contributed by atoms with Crippen LogP contribution in [0.5, 0.6) is 0 Å². The molecule has 25 heavy (non-hydrogen) atoms. The summed E-state index contributed by atoms with van der Waals surface area (Å²) < 4.78 is 5.29. The third-order valence-corrected chi connectivity index (χ3v) is 6.45. The van der Waals surface area contributed by atoms with E-state index in [2.05, 4.69) is 6.92 Å². The van der Waals surface area contributed by atoms with E-state index in [4.69, 9.17) is 4.74 Å². The molecule has 1 spiro atoms. The summed E-state index contributed by atoms with van der Waals surface area (Å²) in [5, 5.41) is 10.9. The number of methoxy groups -OCH3 is 1. The molecule has 5 atom stereocenters. The summed E-state index contributed by atoms with van der Waals surface area (Å²) in [7, 11) is 1.46. The number of rotatable bonds is 3. The third-order valence-electron chi connectivity index (χ3n) is 6.45. The molecule has 2 bridgehead atoms. The zero-order chi connectivity index (χ0) is 17.9. The van der Waals surface area contributed by atoms with Crippen molar-refractivity contribution in [1.29, 1.82) is 0 Å². The number of nitro groups is 1. The van der Waals surface area contributed by atoms with Crippen LogP contribution >= 0.6 is 0 Å². The molecular formula is C19H19NO5. The van der Waals surface area contributed by atoms with Gasteiger partial charge in [-0.25, -0.2) is 0 Å². The lowest BCUT2D eigenvalue weighted by molar-refractivity contribution is -0.384. The Morgan fingerprint density at radius 1 is 1.20 bits per heavy atom. The second-order valence-electron chi connectivity index (χ2n) is 7.31. The first-order valence-corrected chi connectivity index (χ1v) is 8.51. The third kappa shape index (κ3) is 1.91. The standard InChI is InChI=1S/C19H19NO5/c1-10-3-8-13-15(11-4-6-12(7-5-11)20(23)24)16-17(21)14(25-2)9-19(10,13)18(16)22/h4-7,9-10,13,15-16H,3,8H2,1-2H3/t10-,13-,15-,16+,19-/m0/s1. The summed E-state index contributed by atoms with van der Waals surface area (Å²) >= 11 is 0. The van der Waals surface area contributed by atoms with Crippen LogP contribution in [-0.2, 0) is 14.3 Å². The number of hydrogen-bond donors (Lipinski definition) is 0. The molecule has 2 fully saturated rings. The van der Waals surface area contributed by atoms with Crippen molar-refractivity contribution in [3.63, 3.8) is 0 Å². The lowest BCUT2D eigenvalue weighted by Gasteiger charge is -2.32. The maximum atomic E-state index is 13.2. The Hall–Kier alpha value is -2.50. The van der Waals surface area contributed by atoms with E-state index in [1.54, 1.807) is 18.2 Å². The van der Waals surface area contributed by atoms with Crippen LogP contribution in [0.4, 0.5) is 5.69 Å². The first-order valence-electron chi connectivity index (χ1n) is 8.51. The van der Waals surface area contributed by atoms with Gasteiger partial charge >= 0.3 is 0 Å². The van der Waals surface area contributed by atoms with Gasteiger partial charge in [0.25, 0.3) is 5.69 Å². The van der Waals surface area contributed by atoms with E-state index < -0.39 is 16.3 Å². The maximum Gasteiger partial charge on any atom is 0.269 e. The predicted molar refractivity (Wildman–Crippen MR) is 88.8 cm³/mol. The van der Waals surface area contributed by atoms with Crippen LogP contribution in [0.1, 0.15) is 31.2 Å². The molecule has 130 valence electrons. The number of carbonyl (C=O) groups is 2. The van der Waals surface area contributed by atoms with Gasteiger partial charge in [-0.05, 0) is 36.3 Å². The molecule has 0 radical (unpaired) electrons. The van der Waals surface area contributed by atoms with Crippen LogP contribution in [0.25, 0.3) is 0 Å². The molecule has 1 aromatic rings. The van der Waals surface area contributed by atoms with Crippen molar-refractivity contribution < 1.29 is 19.2 Å². The summed E-state index contributed by atoms with van der Waals surface area (Å²) in [5.74, 6) is -0.761. The van der Waals surface area contributed by atoms with E-state index >= 15 is 0 Å². The van der Waals surface area contributed by atoms with Crippen LogP contribution in [0, 0.1) is 33.3 Å². The van der Waals surface area contributed by atoms with Gasteiger partial charge in [0, 0.05) is 18.1 Å². The average Bonchev–Trinajstić information content (AvgIpc) is 3.00. The molecule has 1 aromatic carbocycles. The van der Waals surface area contributed by atoms with Gasteiger partial charge in [-0.15, -0.1) is 0 Å². The van der Waals surface area contributed by atoms with Crippen molar-refractivity contribution in [2.75, 3.05) is 7.11 Å². The number of ketones is 2. The van der Waals surface area contributed by atoms with Crippen LogP contribution < -0.4 is 0 Å². The van der Waals surface area contributed by atoms with Gasteiger partial charge in [-0.2, -0.15) is 0 Å². The predicted octanol–water partition coefficient (Wildman–Crippen LogP) is 3.02. The molecule has 0 N–H and O–H groups in total. The molecule has 3 aliphatic rings. The molecule has 3 aliphatic carbocycles. The molecule has 0 aromatic heterocycles. The minimum absolute atomic E-state index is 0.00310. The second-order valence-corrected chi connectivity index (χ2v) is 7.31. The molecule has 0 aliphatic heterocycles. The van der Waals surface area contributed by atoms with Crippen molar-refractivity contribution in [3.05, 3.63) is 51.8 Å². The minimum Gasteiger partial charge on any atom is -0.493 e. The van der Waals surface area contributed by atoms with E-state index in [1.165, 1.54) is 19.2 Å². The normalized spacial score (nSPS) is 36.2. The van der Waals surface area contributed by atoms with Gasteiger partial charge < -0.3 is 4.74 Å². The van der Waals surface area contributed by atoms with Crippen molar-refractivity contribution >= 4 is 17.3 Å². The van der Waals surface area contributed by atoms with E-state index in [0.29, 0.717) is 0 Å². The Kier molecular flexibility index (Phi) is 3.36. The van der Waals surface area contributed by atoms with Gasteiger partial charge in [0.2, 0.25) is 5.78 Å². The number of nitrogens with zero attached hydrogens (tertiary/aromatic N) is 1. The van der Waals surface area contributed by atoms with Crippen molar-refractivity contribution in [2.24, 2.45) is 23.2 Å². The molecule has 0 unspecified atom stereocenters. The highest BCUT2D eigenvalue weighted by Gasteiger charge is 2.68. The topological polar surface area (TPSA) is 86.5 Å². The Morgan fingerprint density at radius 2 is 1.88 bits per heavy atom. The molecule has 0 heterocycles. The van der Waals surface area contributed by atoms with Gasteiger partial charge in [-0.3, -0.25) is 19.7 Å². The highest BCUT2D eigenvalue weighted by Crippen LogP contribution is 2.65. The number of nitro benzene ring substituents is 1. The summed E-state index contributed by atoms with van der Waals surface area (Å²) in [4.78, 5) is 36.5. The highest BCUT2D eigenvalue weighted by molar-refractivity contribution is 6.17. The van der Waals surface area contributed by atoms with Crippen LogP contribution in [0.15, 0.2) is 36.1 Å². The number of ether oxygens (including phenoxy) is 1. The number of hydrogen-bond acceptors (Lipinski definition) is 5. The summed E-state index contributed by atoms with van der Waals surface area (Å²) in [5.41, 5.74) is 0.188. The first kappa shape index (κ1) is 16.0. The first-order chi connectivity index (χ1) is 11.9. The molecule has 0 saturated heterocycles. The lowest BCUT2D eigenvalue weighted by Crippen LogP contribution is -2.40. The second kappa shape index (κ2) is 5.25. The van der Waals surface area contributed by atoms with Crippen molar-refractivity contribution in [3.8, 4) is 0 Å². The fourth-order valence-electron chi connectivity index (χ4n) is 5.29. The van der Waals surface area contributed by atoms with E-state index in [9.17, 15) is 19.7 Å². The Labute approximate surface area is 145 Å². The lowest BCUT2D eigenvalue weighted by atomic mass is 9.70. The molecule has 2 saturated carbocycles. The zero-order valence-corrected chi connectivity index (χ0v) is 14.1. The molecule has 4 rings (SSSR count). The smallest absolute Gasteiger partial charge is 0.269 e. The van der Waals surface area contributed by atoms with Crippen LogP contribution in [-0.4, -0.2) is 23.6 Å². The Balaban J connectivity index is 1.84. The highest BCUT2D eigenvalue weighted by atomic mass is 16.6. The summed E-state index contributed by atoms with van der Waals surface area (Å²) in [6.07, 6.45) is 3.56. The van der Waals surface area contributed by atoms with Crippen molar-refractivity contribution in [1.82, 2.24) is 0 Å². The van der Waals surface area contributed by atoms with E-state index in [-0.39, 0.29) is 40.8 Å². The van der Waals surface area contributed by atoms with E-state index in [1.807, 2.05) is 0 Å². The maximum absolute atomic E-state index is 13.2. The summed E-state index contributed by atoms with van der Waals surface area (Å²) in [6.45, 7) is 2.06. The fourth-order valence-corrected chi connectivity index (χ4v) is 5.29. The quantitative estimate of drug-likeness (QED) is 0.479. The van der Waals surface area contributed by atoms with Crippen LogP contribution in [0.2, 0.25) is 0 Å². The average molecular weight is 341 g/mol. The Bertz CT molecular complexity index is 812. The minimum atomic E-state index is -0.742. The largest absolute Gasteiger partial charge is 0.493 e. The molecule has 0 amide bonds. The monoisotopic (exact) mass is 341 g/mol. The van der Waals surface area contributed by atoms with Crippen molar-refractivity contribution in [2.45, 2.75) is 25.7 Å². The number of carbonyl (C=O) groups excluding carboxylic acids is 2. The van der Waals surface area contributed by atoms with Gasteiger partial charge in [0.05, 0.1) is 23.4 Å². The SMILES string of the molecule is COC1=C[C@@]23C(=O)[C@@H](C1=O)[C@@H](c1ccc([N+](=O)[O-])cc1)[C@@H]2CC[C@@H]3C. The molecular weight excluding hydrogens is 322 g/mol. The number of benzene rings is 1. The van der Waals surface area contributed by atoms with E-state index in [0.717, 1.165) is 18.4 Å². The number of non-ortho nitro benzene ring substituents is 1. The van der Waals surface area contributed by atoms with Gasteiger partial charge in [0.1, 0.15) is 0 Å². The number of Topliss-reactive ketones (excluding diaryl/α,β-unsaturated/α-hetero) is 2. The zero-order valence-electron chi connectivity index (χ0n) is 14.1. The van der Waals surface area contributed by atoms with Crippen LogP contribution in [0.3, 0.4) is 0 Å². The van der Waals surface area contributed by atoms with Gasteiger partial charge in [0.15, 0.2) is 11.5 Å². The van der Waals surface area contributed by atoms with Gasteiger partial charge in [-0.1, -0.05) is 19.1 Å².